The first-order valence-corrected chi connectivity index (χ1v) is 11.0. The predicted octanol–water partition coefficient (Wildman–Crippen LogP) is 5.20. The average Bonchev–Trinajstić information content (AvgIpc) is 2.97. The van der Waals surface area contributed by atoms with Gasteiger partial charge in [-0.25, -0.2) is 4.79 Å². The Hall–Kier alpha value is -3.08. The van der Waals surface area contributed by atoms with Crippen LogP contribution in [0.4, 0.5) is 10.5 Å². The number of nitrogens with one attached hydrogen (secondary N) is 1. The van der Waals surface area contributed by atoms with Gasteiger partial charge in [-0.05, 0) is 80.5 Å². The van der Waals surface area contributed by atoms with E-state index in [9.17, 15) is 9.59 Å². The van der Waals surface area contributed by atoms with Crippen LogP contribution in [0.2, 0.25) is 0 Å². The van der Waals surface area contributed by atoms with Crippen LogP contribution in [0.5, 0.6) is 0 Å². The Bertz CT molecular complexity index is 1060. The van der Waals surface area contributed by atoms with Gasteiger partial charge in [0.2, 0.25) is 0 Å². The topological polar surface area (TPSA) is 52.7 Å². The van der Waals surface area contributed by atoms with E-state index in [0.717, 1.165) is 29.7 Å². The maximum absolute atomic E-state index is 12.9. The average molecular weight is 418 g/mol. The van der Waals surface area contributed by atoms with Gasteiger partial charge in [0.05, 0.1) is 6.54 Å². The molecule has 0 aliphatic carbocycles. The highest BCUT2D eigenvalue weighted by molar-refractivity contribution is 6.14. The number of amides is 3. The number of benzene rings is 2. The van der Waals surface area contributed by atoms with E-state index in [2.05, 4.69) is 57.0 Å². The van der Waals surface area contributed by atoms with Crippen molar-refractivity contribution in [1.82, 2.24) is 10.2 Å². The number of urea groups is 1. The Balaban J connectivity index is 1.66. The minimum absolute atomic E-state index is 0.112. The van der Waals surface area contributed by atoms with Crippen LogP contribution in [0.1, 0.15) is 62.3 Å². The van der Waals surface area contributed by atoms with Crippen molar-refractivity contribution < 1.29 is 9.59 Å². The number of hydrogen-bond donors (Lipinski definition) is 1. The molecule has 0 spiro atoms. The van der Waals surface area contributed by atoms with Gasteiger partial charge in [0.25, 0.3) is 5.91 Å². The minimum Gasteiger partial charge on any atom is -0.366 e. The standard InChI is InChI=1S/C26H31N3O2/c1-6-29-23-12-17(2)20(13-21(23)18(3)15-26(29,4)5)14-22-24(30)28(25(31)27-22)16-19-10-8-7-9-11-19/h7-14,18H,6,15-16H2,1-5H3,(H,27,31)/b22-14-/t18-/m1/s1. The zero-order valence-electron chi connectivity index (χ0n) is 19.0. The Morgan fingerprint density at radius 1 is 1.16 bits per heavy atom. The molecule has 31 heavy (non-hydrogen) atoms. The van der Waals surface area contributed by atoms with Crippen LogP contribution in [0.15, 0.2) is 48.2 Å². The summed E-state index contributed by atoms with van der Waals surface area (Å²) in [5.41, 5.74) is 6.02. The molecule has 1 N–H and O–H groups in total. The van der Waals surface area contributed by atoms with E-state index in [1.165, 1.54) is 16.2 Å². The summed E-state index contributed by atoms with van der Waals surface area (Å²) in [6.45, 7) is 12.4. The molecule has 162 valence electrons. The number of carbonyl (C=O) groups is 2. The maximum Gasteiger partial charge on any atom is 0.329 e. The van der Waals surface area contributed by atoms with Crippen molar-refractivity contribution in [1.29, 1.82) is 0 Å². The van der Waals surface area contributed by atoms with Crippen molar-refractivity contribution in [2.24, 2.45) is 0 Å². The van der Waals surface area contributed by atoms with Gasteiger partial charge in [0, 0.05) is 17.8 Å². The molecule has 2 aromatic rings. The molecule has 2 aliphatic heterocycles. The van der Waals surface area contributed by atoms with Gasteiger partial charge in [-0.2, -0.15) is 0 Å². The van der Waals surface area contributed by atoms with E-state index in [4.69, 9.17) is 0 Å². The smallest absolute Gasteiger partial charge is 0.329 e. The molecule has 0 unspecified atom stereocenters. The molecule has 4 rings (SSSR count). The van der Waals surface area contributed by atoms with Crippen molar-refractivity contribution in [2.75, 3.05) is 11.4 Å². The zero-order chi connectivity index (χ0) is 22.3. The van der Waals surface area contributed by atoms with Crippen molar-refractivity contribution in [3.63, 3.8) is 0 Å². The number of nitrogens with zero attached hydrogens (tertiary/aromatic N) is 2. The lowest BCUT2D eigenvalue weighted by Crippen LogP contribution is -2.48. The molecule has 1 saturated heterocycles. The number of anilines is 1. The van der Waals surface area contributed by atoms with Crippen LogP contribution in [-0.4, -0.2) is 28.9 Å². The summed E-state index contributed by atoms with van der Waals surface area (Å²) in [5.74, 6) is 0.143. The molecule has 5 heteroatoms. The van der Waals surface area contributed by atoms with E-state index in [1.807, 2.05) is 36.4 Å². The summed E-state index contributed by atoms with van der Waals surface area (Å²) in [5, 5.41) is 2.76. The number of fused-ring (bicyclic) bond motifs is 1. The molecule has 0 bridgehead atoms. The highest BCUT2D eigenvalue weighted by Crippen LogP contribution is 2.44. The number of imide groups is 1. The van der Waals surface area contributed by atoms with E-state index < -0.39 is 0 Å². The van der Waals surface area contributed by atoms with E-state index in [1.54, 1.807) is 0 Å². The number of hydrogen-bond acceptors (Lipinski definition) is 3. The predicted molar refractivity (Wildman–Crippen MR) is 125 cm³/mol. The normalized spacial score (nSPS) is 21.5. The highest BCUT2D eigenvalue weighted by atomic mass is 16.2. The lowest BCUT2D eigenvalue weighted by atomic mass is 9.79. The molecule has 2 heterocycles. The van der Waals surface area contributed by atoms with Gasteiger partial charge >= 0.3 is 6.03 Å². The number of carbonyl (C=O) groups excluding carboxylic acids is 2. The summed E-state index contributed by atoms with van der Waals surface area (Å²) in [6.07, 6.45) is 2.90. The molecular weight excluding hydrogens is 386 g/mol. The van der Waals surface area contributed by atoms with Crippen LogP contribution in [0.3, 0.4) is 0 Å². The van der Waals surface area contributed by atoms with Crippen molar-refractivity contribution in [3.05, 3.63) is 70.4 Å². The summed E-state index contributed by atoms with van der Waals surface area (Å²) in [6, 6.07) is 13.6. The van der Waals surface area contributed by atoms with Gasteiger partial charge in [-0.3, -0.25) is 9.69 Å². The molecule has 0 saturated carbocycles. The third-order valence-corrected chi connectivity index (χ3v) is 6.54. The summed E-state index contributed by atoms with van der Waals surface area (Å²) in [7, 11) is 0. The third kappa shape index (κ3) is 3.85. The van der Waals surface area contributed by atoms with Gasteiger partial charge < -0.3 is 10.2 Å². The molecule has 1 atom stereocenters. The Kier molecular flexibility index (Phi) is 5.38. The quantitative estimate of drug-likeness (QED) is 0.549. The van der Waals surface area contributed by atoms with Crippen LogP contribution < -0.4 is 10.2 Å². The van der Waals surface area contributed by atoms with E-state index in [-0.39, 0.29) is 24.0 Å². The fourth-order valence-corrected chi connectivity index (χ4v) is 5.04. The van der Waals surface area contributed by atoms with Crippen LogP contribution in [-0.2, 0) is 11.3 Å². The van der Waals surface area contributed by atoms with Crippen LogP contribution >= 0.6 is 0 Å². The molecule has 2 aromatic carbocycles. The van der Waals surface area contributed by atoms with Crippen molar-refractivity contribution in [3.8, 4) is 0 Å². The number of rotatable bonds is 4. The van der Waals surface area contributed by atoms with E-state index >= 15 is 0 Å². The Morgan fingerprint density at radius 3 is 2.55 bits per heavy atom. The van der Waals surface area contributed by atoms with Gasteiger partial charge in [-0.1, -0.05) is 37.3 Å². The maximum atomic E-state index is 12.9. The molecule has 5 nitrogen and oxygen atoms in total. The fraction of sp³-hybridized carbons (Fsp3) is 0.385. The van der Waals surface area contributed by atoms with E-state index in [0.29, 0.717) is 11.6 Å². The largest absolute Gasteiger partial charge is 0.366 e. The molecule has 3 amide bonds. The molecule has 2 aliphatic rings. The second kappa shape index (κ2) is 7.88. The molecule has 0 radical (unpaired) electrons. The minimum atomic E-state index is -0.372. The fourth-order valence-electron chi connectivity index (χ4n) is 5.04. The SMILES string of the molecule is CCN1c2cc(C)c(/C=C3\NC(=O)N(Cc4ccccc4)C3=O)cc2[C@H](C)CC1(C)C. The first-order chi connectivity index (χ1) is 14.7. The van der Waals surface area contributed by atoms with Crippen molar-refractivity contribution >= 4 is 23.7 Å². The van der Waals surface area contributed by atoms with Crippen LogP contribution in [0, 0.1) is 6.92 Å². The summed E-state index contributed by atoms with van der Waals surface area (Å²) >= 11 is 0. The first kappa shape index (κ1) is 21.2. The molecule has 0 aromatic heterocycles. The lowest BCUT2D eigenvalue weighted by Gasteiger charge is -2.47. The van der Waals surface area contributed by atoms with Gasteiger partial charge in [0.1, 0.15) is 5.70 Å². The summed E-state index contributed by atoms with van der Waals surface area (Å²) in [4.78, 5) is 29.1. The Morgan fingerprint density at radius 2 is 1.87 bits per heavy atom. The second-order valence-electron chi connectivity index (χ2n) is 9.29. The highest BCUT2D eigenvalue weighted by Gasteiger charge is 2.36. The van der Waals surface area contributed by atoms with Crippen LogP contribution in [0.25, 0.3) is 6.08 Å². The second-order valence-corrected chi connectivity index (χ2v) is 9.29. The zero-order valence-corrected chi connectivity index (χ0v) is 19.0. The lowest BCUT2D eigenvalue weighted by molar-refractivity contribution is -0.123. The monoisotopic (exact) mass is 417 g/mol. The van der Waals surface area contributed by atoms with Gasteiger partial charge in [0.15, 0.2) is 0 Å². The molecular formula is C26H31N3O2. The number of aryl methyl sites for hydroxylation is 1. The third-order valence-electron chi connectivity index (χ3n) is 6.54. The first-order valence-electron chi connectivity index (χ1n) is 11.0. The van der Waals surface area contributed by atoms with Crippen molar-refractivity contribution in [2.45, 2.75) is 59.0 Å². The molecule has 1 fully saturated rings. The van der Waals surface area contributed by atoms with Gasteiger partial charge in [-0.15, -0.1) is 0 Å². The summed E-state index contributed by atoms with van der Waals surface area (Å²) < 4.78 is 0. The Labute approximate surface area is 184 Å².